The van der Waals surface area contributed by atoms with Crippen molar-refractivity contribution in [2.45, 2.75) is 161 Å². The Kier molecular flexibility index (Phi) is 29.0. The van der Waals surface area contributed by atoms with Crippen LogP contribution in [-0.2, 0) is 4.79 Å². The van der Waals surface area contributed by atoms with Crippen molar-refractivity contribution in [3.05, 3.63) is 48.6 Å². The lowest BCUT2D eigenvalue weighted by Gasteiger charge is -2.20. The van der Waals surface area contributed by atoms with Gasteiger partial charge in [-0.05, 0) is 64.2 Å². The van der Waals surface area contributed by atoms with Crippen LogP contribution in [-0.4, -0.2) is 46.1 Å². The van der Waals surface area contributed by atoms with Crippen molar-refractivity contribution in [3.8, 4) is 0 Å². The highest BCUT2D eigenvalue weighted by Gasteiger charge is 2.19. The maximum Gasteiger partial charge on any atom is 0.222 e. The fourth-order valence-electron chi connectivity index (χ4n) is 4.47. The van der Waals surface area contributed by atoms with Crippen LogP contribution in [0.5, 0.6) is 0 Å². The van der Waals surface area contributed by atoms with Crippen LogP contribution in [0.2, 0.25) is 0 Å². The Balaban J connectivity index is 3.91. The zero-order chi connectivity index (χ0) is 29.5. The lowest BCUT2D eigenvalue weighted by atomic mass is 10.1. The third kappa shape index (κ3) is 26.5. The number of amides is 1. The second kappa shape index (κ2) is 30.3. The summed E-state index contributed by atoms with van der Waals surface area (Å²) in [4.78, 5) is 12.3. The number of hydrogen-bond acceptors (Lipinski definition) is 4. The number of unbranched alkanes of at least 4 members (excludes halogenated alkanes) is 13. The maximum absolute atomic E-state index is 12.3. The highest BCUT2D eigenvalue weighted by Crippen LogP contribution is 2.10. The lowest BCUT2D eigenvalue weighted by Crippen LogP contribution is -2.45. The number of hydrogen-bond donors (Lipinski definition) is 4. The topological polar surface area (TPSA) is 89.8 Å². The quantitative estimate of drug-likeness (QED) is 0.0572. The zero-order valence-corrected chi connectivity index (χ0v) is 25.9. The van der Waals surface area contributed by atoms with Gasteiger partial charge in [0, 0.05) is 0 Å². The number of aliphatic hydroxyl groups is 3. The summed E-state index contributed by atoms with van der Waals surface area (Å²) in [5, 5.41) is 32.8. The monoisotopic (exact) mass is 561 g/mol. The predicted molar refractivity (Wildman–Crippen MR) is 171 cm³/mol. The molecule has 0 heterocycles. The van der Waals surface area contributed by atoms with Crippen molar-refractivity contribution >= 4 is 5.91 Å². The van der Waals surface area contributed by atoms with Crippen LogP contribution in [0.3, 0.4) is 0 Å². The third-order valence-corrected chi connectivity index (χ3v) is 7.07. The minimum atomic E-state index is -0.961. The van der Waals surface area contributed by atoms with E-state index in [0.717, 1.165) is 57.8 Å². The van der Waals surface area contributed by atoms with E-state index in [1.807, 2.05) is 6.08 Å². The number of nitrogens with one attached hydrogen (secondary N) is 1. The van der Waals surface area contributed by atoms with E-state index >= 15 is 0 Å². The standard InChI is InChI=1S/C35H63NO4/c1-3-5-7-9-11-13-14-15-16-17-18-19-21-23-25-27-29-34(39)33(31-37)36-35(40)30-32(38)28-26-24-22-20-12-10-8-6-4-2/h10,12,15-16,19,21,27,29,32-34,37-39H,3-9,11,13-14,17-18,20,22-26,28,30-31H2,1-2H3,(H,36,40)/b12-10-,16-15+,21-19+,29-27+. The molecule has 0 rings (SSSR count). The highest BCUT2D eigenvalue weighted by molar-refractivity contribution is 5.76. The number of aliphatic hydroxyl groups excluding tert-OH is 3. The Bertz CT molecular complexity index is 670. The average Bonchev–Trinajstić information content (AvgIpc) is 2.94. The summed E-state index contributed by atoms with van der Waals surface area (Å²) >= 11 is 0. The van der Waals surface area contributed by atoms with Gasteiger partial charge >= 0.3 is 0 Å². The van der Waals surface area contributed by atoms with E-state index < -0.39 is 18.2 Å². The van der Waals surface area contributed by atoms with Crippen molar-refractivity contribution in [2.24, 2.45) is 0 Å². The van der Waals surface area contributed by atoms with Gasteiger partial charge in [0.25, 0.3) is 0 Å². The summed E-state index contributed by atoms with van der Waals surface area (Å²) in [6, 6.07) is -0.769. The van der Waals surface area contributed by atoms with Gasteiger partial charge in [-0.25, -0.2) is 0 Å². The zero-order valence-electron chi connectivity index (χ0n) is 25.9. The summed E-state index contributed by atoms with van der Waals surface area (Å²) < 4.78 is 0. The molecule has 232 valence electrons. The molecule has 0 fully saturated rings. The normalized spacial score (nSPS) is 14.6. The molecule has 0 aromatic rings. The fourth-order valence-corrected chi connectivity index (χ4v) is 4.47. The molecule has 0 aliphatic rings. The summed E-state index contributed by atoms with van der Waals surface area (Å²) in [5.41, 5.74) is 0. The van der Waals surface area contributed by atoms with E-state index in [2.05, 4.69) is 55.6 Å². The van der Waals surface area contributed by atoms with Crippen molar-refractivity contribution in [3.63, 3.8) is 0 Å². The Morgan fingerprint density at radius 2 is 1.10 bits per heavy atom. The van der Waals surface area contributed by atoms with Crippen LogP contribution < -0.4 is 5.32 Å². The highest BCUT2D eigenvalue weighted by atomic mass is 16.3. The Morgan fingerprint density at radius 1 is 0.625 bits per heavy atom. The average molecular weight is 562 g/mol. The molecule has 0 aliphatic carbocycles. The molecule has 0 bridgehead atoms. The molecule has 0 aliphatic heterocycles. The number of carbonyl (C=O) groups excluding carboxylic acids is 1. The molecule has 0 spiro atoms. The Labute approximate surface area is 246 Å². The van der Waals surface area contributed by atoms with Gasteiger partial charge in [-0.3, -0.25) is 4.79 Å². The molecular weight excluding hydrogens is 498 g/mol. The molecule has 5 heteroatoms. The molecular formula is C35H63NO4. The van der Waals surface area contributed by atoms with Crippen molar-refractivity contribution in [1.29, 1.82) is 0 Å². The SMILES string of the molecule is CCCC/C=C\CCCCCC(O)CC(=O)NC(CO)C(O)/C=C/CC/C=C/CC/C=C/CCCCCCCC. The van der Waals surface area contributed by atoms with Gasteiger partial charge in [-0.1, -0.05) is 120 Å². The van der Waals surface area contributed by atoms with E-state index in [1.165, 1.54) is 57.8 Å². The summed E-state index contributed by atoms with van der Waals surface area (Å²) in [5.74, 6) is -0.346. The van der Waals surface area contributed by atoms with Gasteiger partial charge in [-0.2, -0.15) is 0 Å². The summed E-state index contributed by atoms with van der Waals surface area (Å²) in [6.45, 7) is 4.09. The number of carbonyl (C=O) groups is 1. The molecule has 0 aromatic carbocycles. The second-order valence-electron chi connectivity index (χ2n) is 11.0. The summed E-state index contributed by atoms with van der Waals surface area (Å²) in [7, 11) is 0. The minimum Gasteiger partial charge on any atom is -0.394 e. The van der Waals surface area contributed by atoms with Crippen LogP contribution in [0.15, 0.2) is 48.6 Å². The van der Waals surface area contributed by atoms with Crippen LogP contribution in [0.1, 0.15) is 142 Å². The lowest BCUT2D eigenvalue weighted by molar-refractivity contribution is -0.124. The van der Waals surface area contributed by atoms with Crippen molar-refractivity contribution < 1.29 is 20.1 Å². The smallest absolute Gasteiger partial charge is 0.222 e. The maximum atomic E-state index is 12.3. The van der Waals surface area contributed by atoms with E-state index in [9.17, 15) is 20.1 Å². The first-order valence-corrected chi connectivity index (χ1v) is 16.4. The largest absolute Gasteiger partial charge is 0.394 e. The molecule has 4 N–H and O–H groups in total. The van der Waals surface area contributed by atoms with E-state index in [-0.39, 0.29) is 18.9 Å². The van der Waals surface area contributed by atoms with Gasteiger partial charge in [-0.15, -0.1) is 0 Å². The Morgan fingerprint density at radius 3 is 1.68 bits per heavy atom. The molecule has 0 saturated carbocycles. The van der Waals surface area contributed by atoms with Gasteiger partial charge in [0.15, 0.2) is 0 Å². The molecule has 0 saturated heterocycles. The Hall–Kier alpha value is -1.69. The second-order valence-corrected chi connectivity index (χ2v) is 11.0. The van der Waals surface area contributed by atoms with Gasteiger partial charge in [0.2, 0.25) is 5.91 Å². The van der Waals surface area contributed by atoms with E-state index in [1.54, 1.807) is 6.08 Å². The van der Waals surface area contributed by atoms with Crippen LogP contribution >= 0.6 is 0 Å². The van der Waals surface area contributed by atoms with Gasteiger partial charge < -0.3 is 20.6 Å². The first-order chi connectivity index (χ1) is 19.5. The third-order valence-electron chi connectivity index (χ3n) is 7.07. The van der Waals surface area contributed by atoms with Crippen LogP contribution in [0.25, 0.3) is 0 Å². The first-order valence-electron chi connectivity index (χ1n) is 16.4. The molecule has 5 nitrogen and oxygen atoms in total. The van der Waals surface area contributed by atoms with E-state index in [4.69, 9.17) is 0 Å². The molecule has 0 radical (unpaired) electrons. The first kappa shape index (κ1) is 38.3. The molecule has 40 heavy (non-hydrogen) atoms. The minimum absolute atomic E-state index is 0.0110. The van der Waals surface area contributed by atoms with Crippen molar-refractivity contribution in [2.75, 3.05) is 6.61 Å². The van der Waals surface area contributed by atoms with Crippen LogP contribution in [0, 0.1) is 0 Å². The van der Waals surface area contributed by atoms with Gasteiger partial charge in [0.05, 0.1) is 31.3 Å². The molecule has 1 amide bonds. The van der Waals surface area contributed by atoms with Gasteiger partial charge in [0.1, 0.15) is 0 Å². The predicted octanol–water partition coefficient (Wildman–Crippen LogP) is 8.25. The number of rotatable bonds is 28. The van der Waals surface area contributed by atoms with Crippen molar-refractivity contribution in [1.82, 2.24) is 5.32 Å². The molecule has 3 unspecified atom stereocenters. The fraction of sp³-hybridized carbons (Fsp3) is 0.743. The van der Waals surface area contributed by atoms with E-state index in [0.29, 0.717) is 6.42 Å². The summed E-state index contributed by atoms with van der Waals surface area (Å²) in [6.07, 6.45) is 36.6. The number of allylic oxidation sites excluding steroid dienone is 7. The molecule has 3 atom stereocenters. The molecule has 0 aromatic heterocycles. The van der Waals surface area contributed by atoms with Crippen LogP contribution in [0.4, 0.5) is 0 Å².